The van der Waals surface area contributed by atoms with E-state index in [1.165, 1.54) is 12.1 Å². The number of anilines is 1. The SMILES string of the molecule is Cc1ccc(CNc2cc(Cl)ccc2F)nc1. The molecule has 0 spiro atoms. The first kappa shape index (κ1) is 11.9. The summed E-state index contributed by atoms with van der Waals surface area (Å²) in [7, 11) is 0. The van der Waals surface area contributed by atoms with Gasteiger partial charge in [-0.1, -0.05) is 17.7 Å². The van der Waals surface area contributed by atoms with E-state index >= 15 is 0 Å². The van der Waals surface area contributed by atoms with Crippen molar-refractivity contribution >= 4 is 17.3 Å². The molecule has 0 aliphatic rings. The van der Waals surface area contributed by atoms with Crippen LogP contribution in [0.25, 0.3) is 0 Å². The van der Waals surface area contributed by atoms with Crippen LogP contribution < -0.4 is 5.32 Å². The number of nitrogens with zero attached hydrogens (tertiary/aromatic N) is 1. The molecule has 0 unspecified atom stereocenters. The summed E-state index contributed by atoms with van der Waals surface area (Å²) in [5.74, 6) is -0.318. The average Bonchev–Trinajstić information content (AvgIpc) is 2.32. The summed E-state index contributed by atoms with van der Waals surface area (Å²) in [6, 6.07) is 8.30. The van der Waals surface area contributed by atoms with Gasteiger partial charge in [0, 0.05) is 11.2 Å². The lowest BCUT2D eigenvalue weighted by molar-refractivity contribution is 0.630. The van der Waals surface area contributed by atoms with Crippen molar-refractivity contribution in [2.45, 2.75) is 13.5 Å². The minimum Gasteiger partial charge on any atom is -0.377 e. The van der Waals surface area contributed by atoms with Gasteiger partial charge >= 0.3 is 0 Å². The summed E-state index contributed by atoms with van der Waals surface area (Å²) in [5.41, 5.74) is 2.34. The molecule has 1 aromatic heterocycles. The Morgan fingerprint density at radius 1 is 1.29 bits per heavy atom. The highest BCUT2D eigenvalue weighted by atomic mass is 35.5. The van der Waals surface area contributed by atoms with Gasteiger partial charge in [-0.2, -0.15) is 0 Å². The molecule has 1 heterocycles. The van der Waals surface area contributed by atoms with E-state index in [0.29, 0.717) is 17.3 Å². The largest absolute Gasteiger partial charge is 0.377 e. The molecule has 0 atom stereocenters. The van der Waals surface area contributed by atoms with Crippen LogP contribution in [0.5, 0.6) is 0 Å². The van der Waals surface area contributed by atoms with E-state index in [2.05, 4.69) is 10.3 Å². The normalized spacial score (nSPS) is 10.3. The number of hydrogen-bond donors (Lipinski definition) is 1. The molecular formula is C13H12ClFN2. The highest BCUT2D eigenvalue weighted by Crippen LogP contribution is 2.19. The van der Waals surface area contributed by atoms with Gasteiger partial charge in [-0.05, 0) is 36.8 Å². The molecule has 2 aromatic rings. The topological polar surface area (TPSA) is 24.9 Å². The first-order valence-corrected chi connectivity index (χ1v) is 5.63. The number of aryl methyl sites for hydroxylation is 1. The number of pyridine rings is 1. The predicted molar refractivity (Wildman–Crippen MR) is 67.7 cm³/mol. The van der Waals surface area contributed by atoms with Gasteiger partial charge in [0.15, 0.2) is 0 Å². The zero-order chi connectivity index (χ0) is 12.3. The third-order valence-corrected chi connectivity index (χ3v) is 2.60. The van der Waals surface area contributed by atoms with E-state index < -0.39 is 0 Å². The van der Waals surface area contributed by atoms with Crippen molar-refractivity contribution in [3.05, 3.63) is 58.6 Å². The van der Waals surface area contributed by atoms with Crippen molar-refractivity contribution in [3.63, 3.8) is 0 Å². The summed E-state index contributed by atoms with van der Waals surface area (Å²) in [6.07, 6.45) is 1.78. The molecular weight excluding hydrogens is 239 g/mol. The number of nitrogens with one attached hydrogen (secondary N) is 1. The fraction of sp³-hybridized carbons (Fsp3) is 0.154. The maximum Gasteiger partial charge on any atom is 0.146 e. The van der Waals surface area contributed by atoms with Crippen LogP contribution >= 0.6 is 11.6 Å². The van der Waals surface area contributed by atoms with Crippen LogP contribution in [0.3, 0.4) is 0 Å². The second-order valence-corrected chi connectivity index (χ2v) is 4.24. The van der Waals surface area contributed by atoms with Crippen LogP contribution in [0.2, 0.25) is 5.02 Å². The van der Waals surface area contributed by atoms with Crippen LogP contribution in [0.4, 0.5) is 10.1 Å². The van der Waals surface area contributed by atoms with Crippen molar-refractivity contribution in [1.29, 1.82) is 0 Å². The maximum atomic E-state index is 13.4. The van der Waals surface area contributed by atoms with Crippen LogP contribution in [-0.4, -0.2) is 4.98 Å². The van der Waals surface area contributed by atoms with Gasteiger partial charge in [-0.15, -0.1) is 0 Å². The molecule has 0 saturated carbocycles. The van der Waals surface area contributed by atoms with Gasteiger partial charge in [0.25, 0.3) is 0 Å². The number of rotatable bonds is 3. The van der Waals surface area contributed by atoms with Gasteiger partial charge < -0.3 is 5.32 Å². The third kappa shape index (κ3) is 3.17. The molecule has 0 bridgehead atoms. The van der Waals surface area contributed by atoms with Crippen molar-refractivity contribution < 1.29 is 4.39 Å². The second-order valence-electron chi connectivity index (χ2n) is 3.80. The molecule has 1 N–H and O–H groups in total. The first-order valence-electron chi connectivity index (χ1n) is 5.25. The molecule has 0 saturated heterocycles. The van der Waals surface area contributed by atoms with Crippen molar-refractivity contribution in [3.8, 4) is 0 Å². The monoisotopic (exact) mass is 250 g/mol. The van der Waals surface area contributed by atoms with Crippen LogP contribution in [0, 0.1) is 12.7 Å². The van der Waals surface area contributed by atoms with E-state index in [9.17, 15) is 4.39 Å². The van der Waals surface area contributed by atoms with E-state index in [1.807, 2.05) is 19.1 Å². The van der Waals surface area contributed by atoms with E-state index in [-0.39, 0.29) is 5.82 Å². The zero-order valence-electron chi connectivity index (χ0n) is 9.37. The Kier molecular flexibility index (Phi) is 3.59. The van der Waals surface area contributed by atoms with E-state index in [0.717, 1.165) is 11.3 Å². The quantitative estimate of drug-likeness (QED) is 0.896. The first-order chi connectivity index (χ1) is 8.15. The Bertz CT molecular complexity index is 511. The minimum atomic E-state index is -0.318. The smallest absolute Gasteiger partial charge is 0.146 e. The molecule has 0 amide bonds. The highest BCUT2D eigenvalue weighted by molar-refractivity contribution is 6.30. The number of hydrogen-bond acceptors (Lipinski definition) is 2. The second kappa shape index (κ2) is 5.15. The van der Waals surface area contributed by atoms with E-state index in [4.69, 9.17) is 11.6 Å². The van der Waals surface area contributed by atoms with Crippen molar-refractivity contribution in [2.24, 2.45) is 0 Å². The van der Waals surface area contributed by atoms with Gasteiger partial charge in [0.2, 0.25) is 0 Å². The minimum absolute atomic E-state index is 0.318. The van der Waals surface area contributed by atoms with Crippen molar-refractivity contribution in [2.75, 3.05) is 5.32 Å². The molecule has 0 aliphatic carbocycles. The highest BCUT2D eigenvalue weighted by Gasteiger charge is 2.02. The Labute approximate surface area is 104 Å². The molecule has 88 valence electrons. The van der Waals surface area contributed by atoms with Crippen LogP contribution in [0.15, 0.2) is 36.5 Å². The van der Waals surface area contributed by atoms with Gasteiger partial charge in [-0.25, -0.2) is 4.39 Å². The maximum absolute atomic E-state index is 13.4. The van der Waals surface area contributed by atoms with E-state index in [1.54, 1.807) is 12.3 Å². The third-order valence-electron chi connectivity index (χ3n) is 2.36. The Morgan fingerprint density at radius 2 is 2.12 bits per heavy atom. The summed E-state index contributed by atoms with van der Waals surface area (Å²) in [5, 5.41) is 3.47. The molecule has 4 heteroatoms. The zero-order valence-corrected chi connectivity index (χ0v) is 10.1. The van der Waals surface area contributed by atoms with Crippen molar-refractivity contribution in [1.82, 2.24) is 4.98 Å². The molecule has 1 aromatic carbocycles. The summed E-state index contributed by atoms with van der Waals surface area (Å²) >= 11 is 5.80. The number of aromatic nitrogens is 1. The fourth-order valence-corrected chi connectivity index (χ4v) is 1.59. The van der Waals surface area contributed by atoms with Gasteiger partial charge in [0.1, 0.15) is 5.82 Å². The fourth-order valence-electron chi connectivity index (χ4n) is 1.42. The molecule has 2 rings (SSSR count). The Morgan fingerprint density at radius 3 is 2.82 bits per heavy atom. The number of halogens is 2. The lowest BCUT2D eigenvalue weighted by atomic mass is 10.2. The molecule has 2 nitrogen and oxygen atoms in total. The van der Waals surface area contributed by atoms with Crippen LogP contribution in [0.1, 0.15) is 11.3 Å². The standard InChI is InChI=1S/C13H12ClFN2/c1-9-2-4-11(16-7-9)8-17-13-6-10(14)3-5-12(13)15/h2-7,17H,8H2,1H3. The molecule has 17 heavy (non-hydrogen) atoms. The summed E-state index contributed by atoms with van der Waals surface area (Å²) < 4.78 is 13.4. The van der Waals surface area contributed by atoms with Gasteiger partial charge in [0.05, 0.1) is 17.9 Å². The lowest BCUT2D eigenvalue weighted by Crippen LogP contribution is -2.03. The molecule has 0 aliphatic heterocycles. The predicted octanol–water partition coefficient (Wildman–Crippen LogP) is 3.79. The molecule has 0 radical (unpaired) electrons. The lowest BCUT2D eigenvalue weighted by Gasteiger charge is -2.07. The van der Waals surface area contributed by atoms with Gasteiger partial charge in [-0.3, -0.25) is 4.98 Å². The number of benzene rings is 1. The summed E-state index contributed by atoms with van der Waals surface area (Å²) in [6.45, 7) is 2.44. The average molecular weight is 251 g/mol. The van der Waals surface area contributed by atoms with Crippen LogP contribution in [-0.2, 0) is 6.54 Å². The summed E-state index contributed by atoms with van der Waals surface area (Å²) in [4.78, 5) is 4.23. The Hall–Kier alpha value is -1.61. The molecule has 0 fully saturated rings. The Balaban J connectivity index is 2.07.